The van der Waals surface area contributed by atoms with Crippen LogP contribution < -0.4 is 5.32 Å². The van der Waals surface area contributed by atoms with Gasteiger partial charge in [-0.25, -0.2) is 0 Å². The molecule has 1 aliphatic rings. The van der Waals surface area contributed by atoms with Crippen LogP contribution in [0.4, 0.5) is 0 Å². The number of carbonyl (C=O) groups excluding carboxylic acids is 1. The molecule has 118 valence electrons. The molecule has 3 nitrogen and oxygen atoms in total. The first-order valence-corrected chi connectivity index (χ1v) is 8.50. The third kappa shape index (κ3) is 6.25. The molecule has 1 saturated carbocycles. The van der Waals surface area contributed by atoms with Gasteiger partial charge in [-0.15, -0.1) is 0 Å². The number of rotatable bonds is 8. The van der Waals surface area contributed by atoms with Gasteiger partial charge in [0, 0.05) is 12.5 Å². The van der Waals surface area contributed by atoms with Crippen LogP contribution in [-0.4, -0.2) is 23.7 Å². The fourth-order valence-electron chi connectivity index (χ4n) is 3.21. The predicted octanol–water partition coefficient (Wildman–Crippen LogP) is 3.51. The summed E-state index contributed by atoms with van der Waals surface area (Å²) in [5, 5.41) is 12.8. The van der Waals surface area contributed by atoms with E-state index >= 15 is 0 Å². The number of unbranched alkanes of at least 4 members (excludes halogenated alkanes) is 2. The summed E-state index contributed by atoms with van der Waals surface area (Å²) in [5.41, 5.74) is 0. The highest BCUT2D eigenvalue weighted by Crippen LogP contribution is 2.24. The van der Waals surface area contributed by atoms with Gasteiger partial charge >= 0.3 is 0 Å². The lowest BCUT2D eigenvalue weighted by molar-refractivity contribution is -0.126. The lowest BCUT2D eigenvalue weighted by Gasteiger charge is -2.27. The average molecular weight is 283 g/mol. The molecule has 3 atom stereocenters. The van der Waals surface area contributed by atoms with Crippen LogP contribution >= 0.6 is 0 Å². The van der Waals surface area contributed by atoms with E-state index in [1.807, 2.05) is 0 Å². The summed E-state index contributed by atoms with van der Waals surface area (Å²) in [5.74, 6) is 1.24. The summed E-state index contributed by atoms with van der Waals surface area (Å²) in [7, 11) is 0. The van der Waals surface area contributed by atoms with Crippen molar-refractivity contribution in [3.63, 3.8) is 0 Å². The summed E-state index contributed by atoms with van der Waals surface area (Å²) in [6, 6.07) is 0. The molecule has 1 fully saturated rings. The fourth-order valence-corrected chi connectivity index (χ4v) is 3.21. The number of aliphatic hydroxyl groups is 1. The van der Waals surface area contributed by atoms with E-state index in [0.29, 0.717) is 11.8 Å². The van der Waals surface area contributed by atoms with Crippen molar-refractivity contribution in [3.8, 4) is 0 Å². The summed E-state index contributed by atoms with van der Waals surface area (Å²) in [6.07, 6.45) is 8.41. The molecule has 0 aromatic rings. The largest absolute Gasteiger partial charge is 0.393 e. The van der Waals surface area contributed by atoms with Crippen LogP contribution in [0.25, 0.3) is 0 Å². The fraction of sp³-hybridized carbons (Fsp3) is 0.941. The normalized spacial score (nSPS) is 24.6. The zero-order valence-corrected chi connectivity index (χ0v) is 13.5. The molecule has 0 aliphatic heterocycles. The minimum Gasteiger partial charge on any atom is -0.393 e. The second kappa shape index (κ2) is 9.38. The van der Waals surface area contributed by atoms with Crippen LogP contribution in [0.3, 0.4) is 0 Å². The van der Waals surface area contributed by atoms with Crippen molar-refractivity contribution >= 4 is 5.91 Å². The highest BCUT2D eigenvalue weighted by atomic mass is 16.3. The van der Waals surface area contributed by atoms with Crippen molar-refractivity contribution in [2.75, 3.05) is 6.54 Å². The zero-order valence-electron chi connectivity index (χ0n) is 13.5. The molecule has 0 bridgehead atoms. The van der Waals surface area contributed by atoms with Gasteiger partial charge in [0.05, 0.1) is 6.10 Å². The highest BCUT2D eigenvalue weighted by molar-refractivity contribution is 5.78. The predicted molar refractivity (Wildman–Crippen MR) is 83.4 cm³/mol. The van der Waals surface area contributed by atoms with Crippen molar-refractivity contribution in [2.45, 2.75) is 78.2 Å². The van der Waals surface area contributed by atoms with Crippen molar-refractivity contribution in [2.24, 2.45) is 17.8 Å². The molecule has 0 aromatic carbocycles. The van der Waals surface area contributed by atoms with Gasteiger partial charge in [0.1, 0.15) is 0 Å². The molecule has 0 aromatic heterocycles. The van der Waals surface area contributed by atoms with Gasteiger partial charge in [-0.3, -0.25) is 4.79 Å². The Morgan fingerprint density at radius 2 is 2.05 bits per heavy atom. The molecule has 3 heteroatoms. The molecule has 2 N–H and O–H groups in total. The summed E-state index contributed by atoms with van der Waals surface area (Å²) < 4.78 is 0. The summed E-state index contributed by atoms with van der Waals surface area (Å²) >= 11 is 0. The molecule has 3 unspecified atom stereocenters. The van der Waals surface area contributed by atoms with Crippen LogP contribution in [0.5, 0.6) is 0 Å². The highest BCUT2D eigenvalue weighted by Gasteiger charge is 2.24. The smallest absolute Gasteiger partial charge is 0.223 e. The molecule has 1 aliphatic carbocycles. The van der Waals surface area contributed by atoms with Gasteiger partial charge in [0.2, 0.25) is 5.91 Å². The van der Waals surface area contributed by atoms with E-state index in [0.717, 1.165) is 45.1 Å². The number of amides is 1. The summed E-state index contributed by atoms with van der Waals surface area (Å²) in [4.78, 5) is 12.3. The molecule has 0 heterocycles. The lowest BCUT2D eigenvalue weighted by Crippen LogP contribution is -2.38. The van der Waals surface area contributed by atoms with Gasteiger partial charge in [0.15, 0.2) is 0 Å². The monoisotopic (exact) mass is 283 g/mol. The van der Waals surface area contributed by atoms with E-state index in [1.165, 1.54) is 12.8 Å². The van der Waals surface area contributed by atoms with Crippen LogP contribution in [0.2, 0.25) is 0 Å². The standard InChI is InChI=1S/C17H33NO2/c1-4-5-6-10-16(13(2)3)17(20)18-12-14-8-7-9-15(19)11-14/h13-16,19H,4-12H2,1-3H3,(H,18,20). The molecule has 20 heavy (non-hydrogen) atoms. The second-order valence-electron chi connectivity index (χ2n) is 6.78. The Kier molecular flexibility index (Phi) is 8.20. The van der Waals surface area contributed by atoms with Crippen molar-refractivity contribution in [3.05, 3.63) is 0 Å². The van der Waals surface area contributed by atoms with Gasteiger partial charge < -0.3 is 10.4 Å². The van der Waals surface area contributed by atoms with Crippen molar-refractivity contribution < 1.29 is 9.90 Å². The third-order valence-corrected chi connectivity index (χ3v) is 4.58. The number of hydrogen-bond acceptors (Lipinski definition) is 2. The van der Waals surface area contributed by atoms with Gasteiger partial charge in [0.25, 0.3) is 0 Å². The van der Waals surface area contributed by atoms with Crippen LogP contribution in [0.1, 0.15) is 72.1 Å². The third-order valence-electron chi connectivity index (χ3n) is 4.58. The van der Waals surface area contributed by atoms with E-state index in [-0.39, 0.29) is 17.9 Å². The van der Waals surface area contributed by atoms with Gasteiger partial charge in [-0.2, -0.15) is 0 Å². The Hall–Kier alpha value is -0.570. The number of hydrogen-bond donors (Lipinski definition) is 2. The Balaban J connectivity index is 2.33. The topological polar surface area (TPSA) is 49.3 Å². The molecule has 0 saturated heterocycles. The molecule has 0 spiro atoms. The van der Waals surface area contributed by atoms with Gasteiger partial charge in [-0.1, -0.05) is 46.5 Å². The molecular formula is C17H33NO2. The van der Waals surface area contributed by atoms with E-state index in [2.05, 4.69) is 26.1 Å². The SMILES string of the molecule is CCCCCC(C(=O)NCC1CCCC(O)C1)C(C)C. The Labute approximate surface area is 124 Å². The van der Waals surface area contributed by atoms with E-state index in [1.54, 1.807) is 0 Å². The number of nitrogens with one attached hydrogen (secondary N) is 1. The average Bonchev–Trinajstić information content (AvgIpc) is 2.41. The first-order valence-electron chi connectivity index (χ1n) is 8.50. The Morgan fingerprint density at radius 1 is 1.30 bits per heavy atom. The van der Waals surface area contributed by atoms with Crippen LogP contribution in [-0.2, 0) is 4.79 Å². The first kappa shape index (κ1) is 17.5. The second-order valence-corrected chi connectivity index (χ2v) is 6.78. The van der Waals surface area contributed by atoms with E-state index < -0.39 is 0 Å². The minimum absolute atomic E-state index is 0.148. The maximum atomic E-state index is 12.3. The molecule has 1 amide bonds. The minimum atomic E-state index is -0.156. The summed E-state index contributed by atoms with van der Waals surface area (Å²) in [6.45, 7) is 7.22. The lowest BCUT2D eigenvalue weighted by atomic mass is 9.86. The molecular weight excluding hydrogens is 250 g/mol. The molecule has 1 rings (SSSR count). The van der Waals surface area contributed by atoms with E-state index in [4.69, 9.17) is 0 Å². The molecule has 0 radical (unpaired) electrons. The van der Waals surface area contributed by atoms with E-state index in [9.17, 15) is 9.90 Å². The number of aliphatic hydroxyl groups excluding tert-OH is 1. The zero-order chi connectivity index (χ0) is 15.0. The van der Waals surface area contributed by atoms with Gasteiger partial charge in [-0.05, 0) is 37.5 Å². The number of carbonyl (C=O) groups is 1. The van der Waals surface area contributed by atoms with Crippen LogP contribution in [0.15, 0.2) is 0 Å². The Morgan fingerprint density at radius 3 is 2.65 bits per heavy atom. The Bertz CT molecular complexity index is 278. The van der Waals surface area contributed by atoms with Crippen LogP contribution in [0, 0.1) is 17.8 Å². The maximum absolute atomic E-state index is 12.3. The van der Waals surface area contributed by atoms with Crippen molar-refractivity contribution in [1.29, 1.82) is 0 Å². The van der Waals surface area contributed by atoms with Crippen molar-refractivity contribution in [1.82, 2.24) is 5.32 Å². The quantitative estimate of drug-likeness (QED) is 0.670. The maximum Gasteiger partial charge on any atom is 0.223 e. The first-order chi connectivity index (χ1) is 9.54.